The Morgan fingerprint density at radius 2 is 1.95 bits per heavy atom. The summed E-state index contributed by atoms with van der Waals surface area (Å²) < 4.78 is 0. The summed E-state index contributed by atoms with van der Waals surface area (Å²) in [7, 11) is 0. The molecule has 2 aliphatic rings. The van der Waals surface area contributed by atoms with E-state index < -0.39 is 0 Å². The summed E-state index contributed by atoms with van der Waals surface area (Å²) in [5.41, 5.74) is 2.55. The largest absolute Gasteiger partial charge is 0.368 e. The first-order valence-corrected chi connectivity index (χ1v) is 7.59. The third kappa shape index (κ3) is 2.89. The lowest BCUT2D eigenvalue weighted by Gasteiger charge is -2.37. The Morgan fingerprint density at radius 3 is 2.55 bits per heavy atom. The van der Waals surface area contributed by atoms with Gasteiger partial charge in [-0.2, -0.15) is 0 Å². The molecule has 1 heterocycles. The Morgan fingerprint density at radius 1 is 1.20 bits per heavy atom. The molecule has 20 heavy (non-hydrogen) atoms. The van der Waals surface area contributed by atoms with E-state index in [-0.39, 0.29) is 6.03 Å². The molecule has 0 unspecified atom stereocenters. The summed E-state index contributed by atoms with van der Waals surface area (Å²) in [6, 6.07) is 9.13. The van der Waals surface area contributed by atoms with Gasteiger partial charge in [0, 0.05) is 37.9 Å². The van der Waals surface area contributed by atoms with Crippen molar-refractivity contribution in [1.82, 2.24) is 10.2 Å². The molecule has 108 valence electrons. The maximum Gasteiger partial charge on any atom is 0.317 e. The quantitative estimate of drug-likeness (QED) is 0.898. The summed E-state index contributed by atoms with van der Waals surface area (Å²) in [6.07, 6.45) is 3.55. The first kappa shape index (κ1) is 13.3. The van der Waals surface area contributed by atoms with E-state index in [2.05, 4.69) is 41.4 Å². The zero-order valence-electron chi connectivity index (χ0n) is 12.1. The summed E-state index contributed by atoms with van der Waals surface area (Å²) in [6.45, 7) is 5.58. The molecule has 0 bridgehead atoms. The molecule has 1 saturated heterocycles. The van der Waals surface area contributed by atoms with Crippen LogP contribution in [-0.2, 0) is 0 Å². The van der Waals surface area contributed by atoms with Gasteiger partial charge in [-0.3, -0.25) is 0 Å². The zero-order valence-corrected chi connectivity index (χ0v) is 12.1. The number of piperazine rings is 1. The van der Waals surface area contributed by atoms with Gasteiger partial charge in [0.2, 0.25) is 0 Å². The van der Waals surface area contributed by atoms with E-state index in [9.17, 15) is 4.79 Å². The van der Waals surface area contributed by atoms with Crippen LogP contribution in [0.15, 0.2) is 24.3 Å². The van der Waals surface area contributed by atoms with Gasteiger partial charge < -0.3 is 15.1 Å². The molecule has 1 aromatic rings. The Balaban J connectivity index is 1.52. The number of nitrogens with zero attached hydrogens (tertiary/aromatic N) is 2. The van der Waals surface area contributed by atoms with Gasteiger partial charge >= 0.3 is 6.03 Å². The van der Waals surface area contributed by atoms with Gasteiger partial charge in [0.15, 0.2) is 0 Å². The van der Waals surface area contributed by atoms with E-state index in [1.54, 1.807) is 0 Å². The Bertz CT molecular complexity index is 476. The first-order chi connectivity index (χ1) is 9.72. The molecule has 3 rings (SSSR count). The van der Waals surface area contributed by atoms with E-state index in [1.165, 1.54) is 17.7 Å². The van der Waals surface area contributed by atoms with Crippen LogP contribution in [0.2, 0.25) is 0 Å². The van der Waals surface area contributed by atoms with E-state index in [0.29, 0.717) is 6.04 Å². The molecular weight excluding hydrogens is 250 g/mol. The molecular formula is C16H23N3O. The fourth-order valence-electron chi connectivity index (χ4n) is 2.81. The number of urea groups is 1. The SMILES string of the molecule is Cc1cccc(N2CCN(C(=O)NC3CCC3)CC2)c1. The van der Waals surface area contributed by atoms with Gasteiger partial charge in [-0.1, -0.05) is 12.1 Å². The Kier molecular flexibility index (Phi) is 3.81. The van der Waals surface area contributed by atoms with Crippen LogP contribution in [0.3, 0.4) is 0 Å². The highest BCUT2D eigenvalue weighted by molar-refractivity contribution is 5.75. The number of rotatable bonds is 2. The maximum atomic E-state index is 12.1. The monoisotopic (exact) mass is 273 g/mol. The Labute approximate surface area is 120 Å². The molecule has 0 radical (unpaired) electrons. The average molecular weight is 273 g/mol. The van der Waals surface area contributed by atoms with Gasteiger partial charge in [-0.05, 0) is 43.9 Å². The van der Waals surface area contributed by atoms with Crippen LogP contribution >= 0.6 is 0 Å². The predicted molar refractivity (Wildman–Crippen MR) is 81.1 cm³/mol. The highest BCUT2D eigenvalue weighted by Crippen LogP contribution is 2.20. The van der Waals surface area contributed by atoms with Crippen molar-refractivity contribution in [3.63, 3.8) is 0 Å². The summed E-state index contributed by atoms with van der Waals surface area (Å²) in [5.74, 6) is 0. The third-order valence-corrected chi connectivity index (χ3v) is 4.37. The van der Waals surface area contributed by atoms with Crippen molar-refractivity contribution in [2.24, 2.45) is 0 Å². The normalized spacial score (nSPS) is 19.6. The van der Waals surface area contributed by atoms with Crippen LogP contribution in [-0.4, -0.2) is 43.2 Å². The van der Waals surface area contributed by atoms with Crippen LogP contribution < -0.4 is 10.2 Å². The topological polar surface area (TPSA) is 35.6 Å². The molecule has 0 spiro atoms. The minimum absolute atomic E-state index is 0.124. The summed E-state index contributed by atoms with van der Waals surface area (Å²) in [5, 5.41) is 3.12. The second kappa shape index (κ2) is 5.73. The molecule has 2 amide bonds. The van der Waals surface area contributed by atoms with Gasteiger partial charge in [-0.25, -0.2) is 4.79 Å². The number of aryl methyl sites for hydroxylation is 1. The van der Waals surface area contributed by atoms with Crippen molar-refractivity contribution >= 4 is 11.7 Å². The summed E-state index contributed by atoms with van der Waals surface area (Å²) in [4.78, 5) is 16.4. The van der Waals surface area contributed by atoms with Crippen LogP contribution in [0.25, 0.3) is 0 Å². The molecule has 0 aromatic heterocycles. The minimum atomic E-state index is 0.124. The molecule has 1 N–H and O–H groups in total. The highest BCUT2D eigenvalue weighted by atomic mass is 16.2. The highest BCUT2D eigenvalue weighted by Gasteiger charge is 2.25. The molecule has 0 atom stereocenters. The third-order valence-electron chi connectivity index (χ3n) is 4.37. The number of benzene rings is 1. The van der Waals surface area contributed by atoms with Crippen molar-refractivity contribution < 1.29 is 4.79 Å². The second-order valence-electron chi connectivity index (χ2n) is 5.89. The fraction of sp³-hybridized carbons (Fsp3) is 0.562. The predicted octanol–water partition coefficient (Wildman–Crippen LogP) is 2.38. The van der Waals surface area contributed by atoms with E-state index in [4.69, 9.17) is 0 Å². The molecule has 4 nitrogen and oxygen atoms in total. The second-order valence-corrected chi connectivity index (χ2v) is 5.89. The van der Waals surface area contributed by atoms with Crippen molar-refractivity contribution in [3.8, 4) is 0 Å². The minimum Gasteiger partial charge on any atom is -0.368 e. The van der Waals surface area contributed by atoms with Crippen molar-refractivity contribution in [1.29, 1.82) is 0 Å². The first-order valence-electron chi connectivity index (χ1n) is 7.59. The van der Waals surface area contributed by atoms with Gasteiger partial charge in [0.25, 0.3) is 0 Å². The number of carbonyl (C=O) groups is 1. The fourth-order valence-corrected chi connectivity index (χ4v) is 2.81. The number of hydrogen-bond donors (Lipinski definition) is 1. The lowest BCUT2D eigenvalue weighted by atomic mass is 9.93. The number of carbonyl (C=O) groups excluding carboxylic acids is 1. The van der Waals surface area contributed by atoms with Crippen molar-refractivity contribution in [2.45, 2.75) is 32.2 Å². The molecule has 1 saturated carbocycles. The summed E-state index contributed by atoms with van der Waals surface area (Å²) >= 11 is 0. The van der Waals surface area contributed by atoms with E-state index in [1.807, 2.05) is 4.90 Å². The van der Waals surface area contributed by atoms with E-state index >= 15 is 0 Å². The van der Waals surface area contributed by atoms with Crippen molar-refractivity contribution in [2.75, 3.05) is 31.1 Å². The average Bonchev–Trinajstić information content (AvgIpc) is 2.43. The Hall–Kier alpha value is -1.71. The molecule has 4 heteroatoms. The number of hydrogen-bond acceptors (Lipinski definition) is 2. The standard InChI is InChI=1S/C16H23N3O/c1-13-4-2-7-15(12-13)18-8-10-19(11-9-18)16(20)17-14-5-3-6-14/h2,4,7,12,14H,3,5-6,8-11H2,1H3,(H,17,20). The van der Waals surface area contributed by atoms with Crippen molar-refractivity contribution in [3.05, 3.63) is 29.8 Å². The lowest BCUT2D eigenvalue weighted by molar-refractivity contribution is 0.183. The molecule has 1 aliphatic heterocycles. The van der Waals surface area contributed by atoms with Crippen LogP contribution in [0.5, 0.6) is 0 Å². The van der Waals surface area contributed by atoms with E-state index in [0.717, 1.165) is 39.0 Å². The maximum absolute atomic E-state index is 12.1. The van der Waals surface area contributed by atoms with Gasteiger partial charge in [-0.15, -0.1) is 0 Å². The molecule has 1 aromatic carbocycles. The lowest BCUT2D eigenvalue weighted by Crippen LogP contribution is -2.54. The number of nitrogens with one attached hydrogen (secondary N) is 1. The smallest absolute Gasteiger partial charge is 0.317 e. The number of amides is 2. The van der Waals surface area contributed by atoms with Crippen LogP contribution in [0, 0.1) is 6.92 Å². The van der Waals surface area contributed by atoms with Crippen LogP contribution in [0.1, 0.15) is 24.8 Å². The number of anilines is 1. The molecule has 2 fully saturated rings. The molecule has 1 aliphatic carbocycles. The van der Waals surface area contributed by atoms with Gasteiger partial charge in [0.1, 0.15) is 0 Å². The van der Waals surface area contributed by atoms with Crippen LogP contribution in [0.4, 0.5) is 10.5 Å². The van der Waals surface area contributed by atoms with Gasteiger partial charge in [0.05, 0.1) is 0 Å². The zero-order chi connectivity index (χ0) is 13.9.